The lowest BCUT2D eigenvalue weighted by atomic mass is 9.97. The molecule has 0 amide bonds. The Morgan fingerprint density at radius 1 is 1.54 bits per heavy atom. The van der Waals surface area contributed by atoms with Crippen LogP contribution in [0.5, 0.6) is 0 Å². The Balaban J connectivity index is 4.30. The molecular weight excluding hydrogens is 170 g/mol. The third kappa shape index (κ3) is 3.74. The van der Waals surface area contributed by atoms with E-state index in [1.807, 2.05) is 0 Å². The molecule has 0 aliphatic heterocycles. The van der Waals surface area contributed by atoms with Gasteiger partial charge < -0.3 is 10.2 Å². The Labute approximate surface area is 79.0 Å². The minimum absolute atomic E-state index is 0.505. The molecule has 0 aliphatic carbocycles. The van der Waals surface area contributed by atoms with Gasteiger partial charge in [-0.15, -0.1) is 0 Å². The number of aliphatic hydroxyl groups is 1. The molecular formula is C9H19NO3. The Morgan fingerprint density at radius 2 is 2.00 bits per heavy atom. The normalized spacial score (nSPS) is 16.7. The number of carbonyl (C=O) groups is 1. The van der Waals surface area contributed by atoms with E-state index in [4.69, 9.17) is 5.11 Å². The van der Waals surface area contributed by atoms with Crippen LogP contribution in [0.1, 0.15) is 34.1 Å². The molecule has 0 spiro atoms. The number of carboxylic acid groups (broad SMARTS) is 1. The van der Waals surface area contributed by atoms with Crippen LogP contribution in [0.3, 0.4) is 0 Å². The van der Waals surface area contributed by atoms with E-state index >= 15 is 0 Å². The molecule has 2 unspecified atom stereocenters. The Bertz CT molecular complexity index is 178. The monoisotopic (exact) mass is 189 g/mol. The molecule has 0 heterocycles. The number of rotatable bonds is 5. The molecule has 0 fully saturated rings. The summed E-state index contributed by atoms with van der Waals surface area (Å²) in [6, 6.07) is -0.593. The Morgan fingerprint density at radius 3 is 2.23 bits per heavy atom. The average Bonchev–Trinajstić information content (AvgIpc) is 1.99. The predicted octanol–water partition coefficient (Wildman–Crippen LogP) is 0.599. The van der Waals surface area contributed by atoms with Gasteiger partial charge in [0.2, 0.25) is 0 Å². The van der Waals surface area contributed by atoms with Crippen LogP contribution >= 0.6 is 0 Å². The van der Waals surface area contributed by atoms with Crippen LogP contribution in [0.25, 0.3) is 0 Å². The van der Waals surface area contributed by atoms with Crippen molar-refractivity contribution in [2.75, 3.05) is 0 Å². The summed E-state index contributed by atoms with van der Waals surface area (Å²) < 4.78 is 0. The fourth-order valence-electron chi connectivity index (χ4n) is 0.908. The minimum atomic E-state index is -0.878. The van der Waals surface area contributed by atoms with Crippen LogP contribution in [0.2, 0.25) is 0 Å². The first kappa shape index (κ1) is 12.4. The van der Waals surface area contributed by atoms with E-state index < -0.39 is 23.7 Å². The summed E-state index contributed by atoms with van der Waals surface area (Å²) in [6.07, 6.45) is -0.0771. The number of aliphatic hydroxyl groups excluding tert-OH is 1. The maximum atomic E-state index is 10.7. The standard InChI is InChI=1S/C9H19NO3/c1-5-7(8(12)13)10-9(3,4)6(2)11/h6-7,10-11H,5H2,1-4H3,(H,12,13). The van der Waals surface area contributed by atoms with E-state index in [9.17, 15) is 9.90 Å². The molecule has 0 aromatic rings. The highest BCUT2D eigenvalue weighted by Gasteiger charge is 2.29. The largest absolute Gasteiger partial charge is 0.480 e. The summed E-state index contributed by atoms with van der Waals surface area (Å²) in [5, 5.41) is 21.0. The van der Waals surface area contributed by atoms with Gasteiger partial charge in [0.25, 0.3) is 0 Å². The van der Waals surface area contributed by atoms with E-state index in [1.54, 1.807) is 27.7 Å². The van der Waals surface area contributed by atoms with Crippen molar-refractivity contribution in [2.45, 2.75) is 51.8 Å². The minimum Gasteiger partial charge on any atom is -0.480 e. The van der Waals surface area contributed by atoms with Crippen LogP contribution in [0.15, 0.2) is 0 Å². The number of carboxylic acids is 1. The van der Waals surface area contributed by atoms with Gasteiger partial charge in [-0.2, -0.15) is 0 Å². The summed E-state index contributed by atoms with van der Waals surface area (Å²) in [6.45, 7) is 7.00. The molecule has 0 radical (unpaired) electrons. The topological polar surface area (TPSA) is 69.6 Å². The van der Waals surface area contributed by atoms with Crippen molar-refractivity contribution in [3.05, 3.63) is 0 Å². The highest BCUT2D eigenvalue weighted by atomic mass is 16.4. The van der Waals surface area contributed by atoms with Crippen molar-refractivity contribution in [1.29, 1.82) is 0 Å². The molecule has 0 aromatic carbocycles. The van der Waals surface area contributed by atoms with E-state index in [0.717, 1.165) is 0 Å². The van der Waals surface area contributed by atoms with E-state index in [0.29, 0.717) is 6.42 Å². The fourth-order valence-corrected chi connectivity index (χ4v) is 0.908. The Hall–Kier alpha value is -0.610. The van der Waals surface area contributed by atoms with Crippen molar-refractivity contribution in [3.63, 3.8) is 0 Å². The van der Waals surface area contributed by atoms with Crippen LogP contribution in [-0.2, 0) is 4.79 Å². The smallest absolute Gasteiger partial charge is 0.320 e. The lowest BCUT2D eigenvalue weighted by Crippen LogP contribution is -2.54. The number of hydrogen-bond donors (Lipinski definition) is 3. The zero-order valence-corrected chi connectivity index (χ0v) is 8.66. The molecule has 78 valence electrons. The molecule has 0 bridgehead atoms. The summed E-state index contributed by atoms with van der Waals surface area (Å²) in [5.41, 5.74) is -0.570. The number of aliphatic carboxylic acids is 1. The molecule has 0 saturated heterocycles. The second-order valence-corrected chi connectivity index (χ2v) is 3.84. The summed E-state index contributed by atoms with van der Waals surface area (Å²) >= 11 is 0. The zero-order chi connectivity index (χ0) is 10.6. The third-order valence-electron chi connectivity index (χ3n) is 2.30. The summed E-state index contributed by atoms with van der Waals surface area (Å²) in [4.78, 5) is 10.7. The SMILES string of the molecule is CCC(NC(C)(C)C(C)O)C(=O)O. The van der Waals surface area contributed by atoms with Crippen molar-refractivity contribution in [2.24, 2.45) is 0 Å². The van der Waals surface area contributed by atoms with Gasteiger partial charge in [0.1, 0.15) is 6.04 Å². The number of nitrogens with one attached hydrogen (secondary N) is 1. The number of hydrogen-bond acceptors (Lipinski definition) is 3. The van der Waals surface area contributed by atoms with E-state index in [1.165, 1.54) is 0 Å². The molecule has 4 nitrogen and oxygen atoms in total. The van der Waals surface area contributed by atoms with Crippen LogP contribution in [0, 0.1) is 0 Å². The van der Waals surface area contributed by atoms with Crippen LogP contribution in [0.4, 0.5) is 0 Å². The van der Waals surface area contributed by atoms with Gasteiger partial charge in [-0.1, -0.05) is 6.92 Å². The Kier molecular flexibility index (Phi) is 4.36. The van der Waals surface area contributed by atoms with Crippen LogP contribution in [-0.4, -0.2) is 33.9 Å². The van der Waals surface area contributed by atoms with E-state index in [2.05, 4.69) is 5.32 Å². The molecule has 0 aromatic heterocycles. The highest BCUT2D eigenvalue weighted by Crippen LogP contribution is 2.10. The fraction of sp³-hybridized carbons (Fsp3) is 0.889. The van der Waals surface area contributed by atoms with Crippen molar-refractivity contribution < 1.29 is 15.0 Å². The molecule has 3 N–H and O–H groups in total. The quantitative estimate of drug-likeness (QED) is 0.592. The first-order valence-electron chi connectivity index (χ1n) is 4.49. The third-order valence-corrected chi connectivity index (χ3v) is 2.30. The van der Waals surface area contributed by atoms with Gasteiger partial charge >= 0.3 is 5.97 Å². The van der Waals surface area contributed by atoms with Gasteiger partial charge in [-0.25, -0.2) is 0 Å². The first-order valence-corrected chi connectivity index (χ1v) is 4.49. The molecule has 13 heavy (non-hydrogen) atoms. The van der Waals surface area contributed by atoms with Crippen LogP contribution < -0.4 is 5.32 Å². The molecule has 2 atom stereocenters. The molecule has 0 saturated carbocycles. The van der Waals surface area contributed by atoms with Gasteiger partial charge in [-0.3, -0.25) is 10.1 Å². The van der Waals surface area contributed by atoms with Crippen molar-refractivity contribution >= 4 is 5.97 Å². The van der Waals surface area contributed by atoms with Gasteiger partial charge in [0, 0.05) is 5.54 Å². The molecule has 4 heteroatoms. The lowest BCUT2D eigenvalue weighted by Gasteiger charge is -2.32. The summed E-state index contributed by atoms with van der Waals surface area (Å²) in [5.74, 6) is -0.878. The molecule has 0 aliphatic rings. The van der Waals surface area contributed by atoms with E-state index in [-0.39, 0.29) is 0 Å². The highest BCUT2D eigenvalue weighted by molar-refractivity contribution is 5.73. The lowest BCUT2D eigenvalue weighted by molar-refractivity contribution is -0.140. The zero-order valence-electron chi connectivity index (χ0n) is 8.66. The predicted molar refractivity (Wildman–Crippen MR) is 50.6 cm³/mol. The second-order valence-electron chi connectivity index (χ2n) is 3.84. The first-order chi connectivity index (χ1) is 5.81. The second kappa shape index (κ2) is 4.58. The average molecular weight is 189 g/mol. The van der Waals surface area contributed by atoms with Gasteiger partial charge in [0.15, 0.2) is 0 Å². The summed E-state index contributed by atoms with van der Waals surface area (Å²) in [7, 11) is 0. The maximum absolute atomic E-state index is 10.7. The van der Waals surface area contributed by atoms with Crippen molar-refractivity contribution in [1.82, 2.24) is 5.32 Å². The molecule has 0 rings (SSSR count). The van der Waals surface area contributed by atoms with Crippen molar-refractivity contribution in [3.8, 4) is 0 Å². The van der Waals surface area contributed by atoms with Gasteiger partial charge in [-0.05, 0) is 27.2 Å². The van der Waals surface area contributed by atoms with Gasteiger partial charge in [0.05, 0.1) is 6.10 Å². The maximum Gasteiger partial charge on any atom is 0.320 e.